The molecule has 0 spiro atoms. The van der Waals surface area contributed by atoms with Gasteiger partial charge in [0, 0.05) is 18.5 Å². The van der Waals surface area contributed by atoms with Crippen LogP contribution in [0.25, 0.3) is 10.8 Å². The number of nitrogens with zero attached hydrogens (tertiary/aromatic N) is 3. The lowest BCUT2D eigenvalue weighted by Gasteiger charge is -2.21. The van der Waals surface area contributed by atoms with Crippen molar-refractivity contribution < 1.29 is 5.11 Å². The van der Waals surface area contributed by atoms with Crippen molar-refractivity contribution in [3.63, 3.8) is 0 Å². The second-order valence-corrected chi connectivity index (χ2v) is 6.06. The van der Waals surface area contributed by atoms with Crippen LogP contribution in [0.4, 0.5) is 0 Å². The molecule has 2 aromatic carbocycles. The maximum atomic E-state index is 12.4. The minimum Gasteiger partial charge on any atom is -0.390 e. The van der Waals surface area contributed by atoms with Gasteiger partial charge in [-0.3, -0.25) is 9.69 Å². The van der Waals surface area contributed by atoms with Crippen molar-refractivity contribution in [2.45, 2.75) is 19.2 Å². The largest absolute Gasteiger partial charge is 0.390 e. The van der Waals surface area contributed by atoms with Crippen molar-refractivity contribution in [2.75, 3.05) is 13.6 Å². The summed E-state index contributed by atoms with van der Waals surface area (Å²) in [6.45, 7) is 1.40. The van der Waals surface area contributed by atoms with E-state index in [0.717, 1.165) is 11.9 Å². The number of hydrogen-bond donors (Lipinski definition) is 1. The van der Waals surface area contributed by atoms with Crippen molar-refractivity contribution in [3.8, 4) is 0 Å². The zero-order valence-corrected chi connectivity index (χ0v) is 13.7. The van der Waals surface area contributed by atoms with Crippen LogP contribution in [0, 0.1) is 0 Å². The lowest BCUT2D eigenvalue weighted by molar-refractivity contribution is 0.102. The molecule has 5 nitrogen and oxygen atoms in total. The molecule has 5 heteroatoms. The summed E-state index contributed by atoms with van der Waals surface area (Å²) in [5, 5.41) is 15.9. The molecule has 24 heavy (non-hydrogen) atoms. The lowest BCUT2D eigenvalue weighted by Crippen LogP contribution is -2.35. The molecule has 0 fully saturated rings. The molecule has 0 radical (unpaired) electrons. The second kappa shape index (κ2) is 7.38. The van der Waals surface area contributed by atoms with Gasteiger partial charge in [-0.15, -0.1) is 0 Å². The van der Waals surface area contributed by atoms with Crippen molar-refractivity contribution in [2.24, 2.45) is 0 Å². The first kappa shape index (κ1) is 16.4. The highest BCUT2D eigenvalue weighted by Crippen LogP contribution is 2.07. The van der Waals surface area contributed by atoms with Crippen LogP contribution in [0.2, 0.25) is 0 Å². The number of hydrogen-bond acceptors (Lipinski definition) is 4. The summed E-state index contributed by atoms with van der Waals surface area (Å²) in [5.74, 6) is 0. The van der Waals surface area contributed by atoms with Crippen molar-refractivity contribution in [1.29, 1.82) is 0 Å². The van der Waals surface area contributed by atoms with E-state index in [1.807, 2.05) is 48.3 Å². The molecule has 0 saturated carbocycles. The van der Waals surface area contributed by atoms with Crippen molar-refractivity contribution in [3.05, 3.63) is 76.7 Å². The lowest BCUT2D eigenvalue weighted by atomic mass is 10.2. The maximum absolute atomic E-state index is 12.4. The molecule has 0 aliphatic heterocycles. The number of aromatic nitrogens is 2. The van der Waals surface area contributed by atoms with Gasteiger partial charge in [0.25, 0.3) is 5.56 Å². The van der Waals surface area contributed by atoms with Gasteiger partial charge >= 0.3 is 0 Å². The van der Waals surface area contributed by atoms with Gasteiger partial charge in [-0.05, 0) is 18.7 Å². The Bertz CT molecular complexity index is 861. The predicted octanol–water partition coefficient (Wildman–Crippen LogP) is 1.89. The van der Waals surface area contributed by atoms with E-state index in [-0.39, 0.29) is 12.1 Å². The van der Waals surface area contributed by atoms with E-state index in [1.54, 1.807) is 12.3 Å². The summed E-state index contributed by atoms with van der Waals surface area (Å²) in [5.41, 5.74) is 1.02. The van der Waals surface area contributed by atoms with E-state index in [2.05, 4.69) is 17.2 Å². The second-order valence-electron chi connectivity index (χ2n) is 6.06. The SMILES string of the molecule is CN(Cc1ccccc1)C[C@H](O)Cn1ncc2ccccc2c1=O. The van der Waals surface area contributed by atoms with Gasteiger partial charge in [0.15, 0.2) is 0 Å². The molecule has 0 unspecified atom stereocenters. The van der Waals surface area contributed by atoms with Gasteiger partial charge in [0.1, 0.15) is 0 Å². The highest BCUT2D eigenvalue weighted by atomic mass is 16.3. The topological polar surface area (TPSA) is 58.4 Å². The monoisotopic (exact) mass is 323 g/mol. The number of likely N-dealkylation sites (N-methyl/N-ethyl adjacent to an activating group) is 1. The normalized spacial score (nSPS) is 12.6. The zero-order chi connectivity index (χ0) is 16.9. The average Bonchev–Trinajstić information content (AvgIpc) is 2.58. The van der Waals surface area contributed by atoms with Crippen LogP contribution in [0.3, 0.4) is 0 Å². The summed E-state index contributed by atoms with van der Waals surface area (Å²) in [6.07, 6.45) is 1.00. The molecule has 1 atom stereocenters. The summed E-state index contributed by atoms with van der Waals surface area (Å²) in [6, 6.07) is 17.4. The third-order valence-electron chi connectivity index (χ3n) is 3.96. The van der Waals surface area contributed by atoms with E-state index in [1.165, 1.54) is 10.2 Å². The Morgan fingerprint density at radius 1 is 1.12 bits per heavy atom. The van der Waals surface area contributed by atoms with Gasteiger partial charge in [-0.1, -0.05) is 48.5 Å². The minimum absolute atomic E-state index is 0.169. The van der Waals surface area contributed by atoms with Crippen molar-refractivity contribution >= 4 is 10.8 Å². The van der Waals surface area contributed by atoms with E-state index in [9.17, 15) is 9.90 Å². The van der Waals surface area contributed by atoms with Gasteiger partial charge in [0.2, 0.25) is 0 Å². The van der Waals surface area contributed by atoms with Gasteiger partial charge in [-0.2, -0.15) is 5.10 Å². The Morgan fingerprint density at radius 2 is 1.83 bits per heavy atom. The number of benzene rings is 2. The molecule has 0 aliphatic rings. The number of aliphatic hydroxyl groups is 1. The van der Waals surface area contributed by atoms with Crippen LogP contribution < -0.4 is 5.56 Å². The van der Waals surface area contributed by atoms with E-state index < -0.39 is 6.10 Å². The fraction of sp³-hybridized carbons (Fsp3) is 0.263. The molecule has 0 saturated heterocycles. The van der Waals surface area contributed by atoms with Crippen LogP contribution in [0.1, 0.15) is 5.56 Å². The Balaban J connectivity index is 1.65. The predicted molar refractivity (Wildman–Crippen MR) is 94.8 cm³/mol. The summed E-state index contributed by atoms with van der Waals surface area (Å²) < 4.78 is 1.34. The van der Waals surface area contributed by atoms with Gasteiger partial charge < -0.3 is 5.11 Å². The third kappa shape index (κ3) is 3.88. The first-order chi connectivity index (χ1) is 11.6. The molecule has 0 bridgehead atoms. The van der Waals surface area contributed by atoms with Crippen LogP contribution in [0.5, 0.6) is 0 Å². The minimum atomic E-state index is -0.662. The fourth-order valence-electron chi connectivity index (χ4n) is 2.83. The summed E-state index contributed by atoms with van der Waals surface area (Å²) in [4.78, 5) is 14.5. The Labute approximate surface area is 140 Å². The quantitative estimate of drug-likeness (QED) is 0.753. The van der Waals surface area contributed by atoms with E-state index in [0.29, 0.717) is 11.9 Å². The molecule has 1 heterocycles. The molecular weight excluding hydrogens is 302 g/mol. The molecule has 3 rings (SSSR count). The highest BCUT2D eigenvalue weighted by Gasteiger charge is 2.12. The smallest absolute Gasteiger partial charge is 0.274 e. The van der Waals surface area contributed by atoms with Crippen LogP contribution in [-0.4, -0.2) is 39.5 Å². The number of rotatable bonds is 6. The van der Waals surface area contributed by atoms with Crippen LogP contribution in [-0.2, 0) is 13.1 Å². The van der Waals surface area contributed by atoms with Crippen LogP contribution in [0.15, 0.2) is 65.6 Å². The maximum Gasteiger partial charge on any atom is 0.274 e. The Kier molecular flexibility index (Phi) is 5.03. The first-order valence-electron chi connectivity index (χ1n) is 7.99. The highest BCUT2D eigenvalue weighted by molar-refractivity contribution is 5.80. The Morgan fingerprint density at radius 3 is 2.62 bits per heavy atom. The fourth-order valence-corrected chi connectivity index (χ4v) is 2.83. The third-order valence-corrected chi connectivity index (χ3v) is 3.96. The summed E-state index contributed by atoms with van der Waals surface area (Å²) >= 11 is 0. The number of aliphatic hydroxyl groups excluding tert-OH is 1. The molecule has 3 aromatic rings. The molecule has 1 aromatic heterocycles. The van der Waals surface area contributed by atoms with Gasteiger partial charge in [0.05, 0.1) is 24.2 Å². The summed E-state index contributed by atoms with van der Waals surface area (Å²) in [7, 11) is 1.95. The Hall–Kier alpha value is -2.50. The molecule has 124 valence electrons. The molecule has 1 N–H and O–H groups in total. The molecular formula is C19H21N3O2. The van der Waals surface area contributed by atoms with E-state index in [4.69, 9.17) is 0 Å². The van der Waals surface area contributed by atoms with Crippen LogP contribution >= 0.6 is 0 Å². The standard InChI is InChI=1S/C19H21N3O2/c1-21(12-15-7-3-2-4-8-15)13-17(23)14-22-19(24)18-10-6-5-9-16(18)11-20-22/h2-11,17,23H,12-14H2,1H3/t17-/m0/s1. The average molecular weight is 323 g/mol. The van der Waals surface area contributed by atoms with Crippen molar-refractivity contribution in [1.82, 2.24) is 14.7 Å². The number of fused-ring (bicyclic) bond motifs is 1. The van der Waals surface area contributed by atoms with E-state index >= 15 is 0 Å². The zero-order valence-electron chi connectivity index (χ0n) is 13.7. The molecule has 0 aliphatic carbocycles. The molecule has 0 amide bonds. The first-order valence-corrected chi connectivity index (χ1v) is 7.99. The van der Waals surface area contributed by atoms with Gasteiger partial charge in [-0.25, -0.2) is 4.68 Å².